The fourth-order valence-corrected chi connectivity index (χ4v) is 2.85. The molecule has 2 aromatic rings. The molecule has 1 aromatic heterocycles. The Hall–Kier alpha value is -2.02. The van der Waals surface area contributed by atoms with Crippen molar-refractivity contribution in [2.45, 2.75) is 38.7 Å². The molecule has 2 rings (SSSR count). The molecule has 0 bridgehead atoms. The number of nitrogens with one attached hydrogen (secondary N) is 1. The van der Waals surface area contributed by atoms with Gasteiger partial charge >= 0.3 is 5.97 Å². The Morgan fingerprint density at radius 2 is 2.08 bits per heavy atom. The number of hydrogen-bond donors (Lipinski definition) is 1. The SMILES string of the molecule is CSCc1nc2ccccc2n1CC(=O)NCCC(=O)OC(C)C. The van der Waals surface area contributed by atoms with Gasteiger partial charge in [-0.15, -0.1) is 0 Å². The van der Waals surface area contributed by atoms with E-state index < -0.39 is 0 Å². The fourth-order valence-electron chi connectivity index (χ4n) is 2.37. The van der Waals surface area contributed by atoms with Crippen molar-refractivity contribution in [3.05, 3.63) is 30.1 Å². The Bertz CT molecular complexity index is 712. The molecule has 1 heterocycles. The van der Waals surface area contributed by atoms with Gasteiger partial charge in [-0.2, -0.15) is 11.8 Å². The molecule has 0 spiro atoms. The molecule has 0 saturated carbocycles. The summed E-state index contributed by atoms with van der Waals surface area (Å²) in [6.45, 7) is 4.06. The third-order valence-electron chi connectivity index (χ3n) is 3.33. The normalized spacial score (nSPS) is 11.0. The molecule has 1 N–H and O–H groups in total. The first-order valence-electron chi connectivity index (χ1n) is 7.90. The van der Waals surface area contributed by atoms with Crippen LogP contribution in [0.5, 0.6) is 0 Å². The molecule has 130 valence electrons. The Kier molecular flexibility index (Phi) is 6.66. The number of amides is 1. The fraction of sp³-hybridized carbons (Fsp3) is 0.471. The predicted molar refractivity (Wildman–Crippen MR) is 95.8 cm³/mol. The molecule has 6 nitrogen and oxygen atoms in total. The Labute approximate surface area is 146 Å². The number of imidazole rings is 1. The van der Waals surface area contributed by atoms with E-state index in [1.165, 1.54) is 0 Å². The van der Waals surface area contributed by atoms with Crippen molar-refractivity contribution in [2.75, 3.05) is 12.8 Å². The maximum atomic E-state index is 12.2. The minimum Gasteiger partial charge on any atom is -0.463 e. The van der Waals surface area contributed by atoms with E-state index in [1.807, 2.05) is 35.1 Å². The van der Waals surface area contributed by atoms with Gasteiger partial charge < -0.3 is 14.6 Å². The number of carbonyl (C=O) groups excluding carboxylic acids is 2. The van der Waals surface area contributed by atoms with Gasteiger partial charge in [0.2, 0.25) is 5.91 Å². The number of aromatic nitrogens is 2. The van der Waals surface area contributed by atoms with Crippen LogP contribution in [0.25, 0.3) is 11.0 Å². The monoisotopic (exact) mass is 349 g/mol. The first-order chi connectivity index (χ1) is 11.5. The quantitative estimate of drug-likeness (QED) is 0.741. The van der Waals surface area contributed by atoms with Gasteiger partial charge in [0.1, 0.15) is 12.4 Å². The zero-order valence-corrected chi connectivity index (χ0v) is 15.1. The predicted octanol–water partition coefficient (Wildman–Crippen LogP) is 2.36. The van der Waals surface area contributed by atoms with Crippen molar-refractivity contribution in [1.82, 2.24) is 14.9 Å². The second kappa shape index (κ2) is 8.73. The number of benzene rings is 1. The average molecular weight is 349 g/mol. The van der Waals surface area contributed by atoms with Crippen molar-refractivity contribution >= 4 is 34.7 Å². The van der Waals surface area contributed by atoms with Gasteiger partial charge in [-0.25, -0.2) is 4.98 Å². The van der Waals surface area contributed by atoms with Crippen LogP contribution < -0.4 is 5.32 Å². The summed E-state index contributed by atoms with van der Waals surface area (Å²) in [7, 11) is 0. The summed E-state index contributed by atoms with van der Waals surface area (Å²) >= 11 is 1.66. The van der Waals surface area contributed by atoms with Gasteiger partial charge in [0.15, 0.2) is 0 Å². The summed E-state index contributed by atoms with van der Waals surface area (Å²) in [4.78, 5) is 28.3. The van der Waals surface area contributed by atoms with Gasteiger partial charge in [-0.3, -0.25) is 9.59 Å². The van der Waals surface area contributed by atoms with Crippen LogP contribution in [0.15, 0.2) is 24.3 Å². The topological polar surface area (TPSA) is 73.2 Å². The Balaban J connectivity index is 1.97. The highest BCUT2D eigenvalue weighted by Crippen LogP contribution is 2.18. The van der Waals surface area contributed by atoms with E-state index >= 15 is 0 Å². The van der Waals surface area contributed by atoms with Crippen molar-refractivity contribution in [3.8, 4) is 0 Å². The van der Waals surface area contributed by atoms with Crippen molar-refractivity contribution in [2.24, 2.45) is 0 Å². The smallest absolute Gasteiger partial charge is 0.307 e. The van der Waals surface area contributed by atoms with E-state index in [0.29, 0.717) is 0 Å². The second-order valence-corrected chi connectivity index (χ2v) is 6.54. The van der Waals surface area contributed by atoms with Crippen LogP contribution >= 0.6 is 11.8 Å². The minimum atomic E-state index is -0.304. The zero-order chi connectivity index (χ0) is 17.5. The molecule has 0 aliphatic heterocycles. The van der Waals surface area contributed by atoms with E-state index in [0.717, 1.165) is 22.6 Å². The van der Waals surface area contributed by atoms with Crippen LogP contribution in [0.2, 0.25) is 0 Å². The van der Waals surface area contributed by atoms with E-state index in [9.17, 15) is 9.59 Å². The Morgan fingerprint density at radius 1 is 1.33 bits per heavy atom. The van der Waals surface area contributed by atoms with Crippen molar-refractivity contribution < 1.29 is 14.3 Å². The summed E-state index contributed by atoms with van der Waals surface area (Å²) < 4.78 is 6.96. The number of thioether (sulfide) groups is 1. The minimum absolute atomic E-state index is 0.139. The number of esters is 1. The van der Waals surface area contributed by atoms with E-state index in [1.54, 1.807) is 25.6 Å². The Morgan fingerprint density at radius 3 is 2.79 bits per heavy atom. The van der Waals surface area contributed by atoms with E-state index in [2.05, 4.69) is 10.3 Å². The highest BCUT2D eigenvalue weighted by Gasteiger charge is 2.13. The number of ether oxygens (including phenoxy) is 1. The summed E-state index contributed by atoms with van der Waals surface area (Å²) in [5.41, 5.74) is 1.82. The lowest BCUT2D eigenvalue weighted by atomic mass is 10.3. The number of rotatable bonds is 8. The molecule has 0 aliphatic carbocycles. The summed E-state index contributed by atoms with van der Waals surface area (Å²) in [5, 5.41) is 2.76. The number of hydrogen-bond acceptors (Lipinski definition) is 5. The van der Waals surface area contributed by atoms with Crippen molar-refractivity contribution in [1.29, 1.82) is 0 Å². The number of carbonyl (C=O) groups is 2. The van der Waals surface area contributed by atoms with Gasteiger partial charge in [0.25, 0.3) is 0 Å². The van der Waals surface area contributed by atoms with Crippen LogP contribution in [0.4, 0.5) is 0 Å². The van der Waals surface area contributed by atoms with Crippen LogP contribution in [0.1, 0.15) is 26.1 Å². The molecule has 0 fully saturated rings. The van der Waals surface area contributed by atoms with Crippen LogP contribution in [-0.4, -0.2) is 40.3 Å². The van der Waals surface area contributed by atoms with Crippen molar-refractivity contribution in [3.63, 3.8) is 0 Å². The number of fused-ring (bicyclic) bond motifs is 1. The van der Waals surface area contributed by atoms with E-state index in [-0.39, 0.29) is 37.5 Å². The lowest BCUT2D eigenvalue weighted by molar-refractivity contribution is -0.147. The molecule has 0 atom stereocenters. The van der Waals surface area contributed by atoms with Crippen LogP contribution in [-0.2, 0) is 26.6 Å². The lowest BCUT2D eigenvalue weighted by Gasteiger charge is -2.10. The lowest BCUT2D eigenvalue weighted by Crippen LogP contribution is -2.30. The molecular weight excluding hydrogens is 326 g/mol. The van der Waals surface area contributed by atoms with Gasteiger partial charge in [0, 0.05) is 6.54 Å². The number of nitrogens with zero attached hydrogens (tertiary/aromatic N) is 2. The maximum Gasteiger partial charge on any atom is 0.307 e. The zero-order valence-electron chi connectivity index (χ0n) is 14.2. The average Bonchev–Trinajstić information content (AvgIpc) is 2.85. The first-order valence-corrected chi connectivity index (χ1v) is 9.30. The largest absolute Gasteiger partial charge is 0.463 e. The third kappa shape index (κ3) is 4.99. The summed E-state index contributed by atoms with van der Waals surface area (Å²) in [6, 6.07) is 7.76. The van der Waals surface area contributed by atoms with E-state index in [4.69, 9.17) is 4.74 Å². The van der Waals surface area contributed by atoms with Gasteiger partial charge in [-0.05, 0) is 32.2 Å². The van der Waals surface area contributed by atoms with Crippen LogP contribution in [0, 0.1) is 0 Å². The molecule has 0 aliphatic rings. The first kappa shape index (κ1) is 18.3. The molecule has 24 heavy (non-hydrogen) atoms. The molecular formula is C17H23N3O3S. The molecule has 7 heteroatoms. The summed E-state index contributed by atoms with van der Waals surface area (Å²) in [5.74, 6) is 1.17. The summed E-state index contributed by atoms with van der Waals surface area (Å²) in [6.07, 6.45) is 2.04. The molecule has 1 aromatic carbocycles. The standard InChI is InChI=1S/C17H23N3O3S/c1-12(2)23-17(22)8-9-18-16(21)10-20-14-7-5-4-6-13(14)19-15(20)11-24-3/h4-7,12H,8-11H2,1-3H3,(H,18,21). The highest BCUT2D eigenvalue weighted by atomic mass is 32.2. The van der Waals surface area contributed by atoms with Gasteiger partial charge in [-0.1, -0.05) is 12.1 Å². The van der Waals surface area contributed by atoms with Crippen LogP contribution in [0.3, 0.4) is 0 Å². The van der Waals surface area contributed by atoms with Gasteiger partial charge in [0.05, 0.1) is 29.3 Å². The highest BCUT2D eigenvalue weighted by molar-refractivity contribution is 7.97. The third-order valence-corrected chi connectivity index (χ3v) is 3.87. The molecule has 1 amide bonds. The molecule has 0 saturated heterocycles. The molecule has 0 radical (unpaired) electrons. The number of para-hydroxylation sites is 2. The maximum absolute atomic E-state index is 12.2. The molecule has 0 unspecified atom stereocenters. The second-order valence-electron chi connectivity index (χ2n) is 5.67.